The van der Waals surface area contributed by atoms with E-state index in [9.17, 15) is 9.59 Å². The third-order valence-corrected chi connectivity index (χ3v) is 3.84. The average Bonchev–Trinajstić information content (AvgIpc) is 3.13. The SMILES string of the molecule is CCN(Cc1ccoc1)C(=O)[C@@H]1CCN(C(=O)OC(C)(C)C)C1. The molecule has 6 nitrogen and oxygen atoms in total. The molecule has 1 atom stereocenters. The highest BCUT2D eigenvalue weighted by Crippen LogP contribution is 2.22. The molecule has 0 N–H and O–H groups in total. The van der Waals surface area contributed by atoms with E-state index in [2.05, 4.69) is 0 Å². The predicted molar refractivity (Wildman–Crippen MR) is 85.7 cm³/mol. The fourth-order valence-electron chi connectivity index (χ4n) is 2.66. The van der Waals surface area contributed by atoms with Crippen molar-refractivity contribution < 1.29 is 18.7 Å². The Kier molecular flexibility index (Phi) is 5.34. The Hall–Kier alpha value is -1.98. The first-order valence-electron chi connectivity index (χ1n) is 8.08. The molecule has 1 aliphatic rings. The summed E-state index contributed by atoms with van der Waals surface area (Å²) in [4.78, 5) is 28.2. The first-order chi connectivity index (χ1) is 10.8. The van der Waals surface area contributed by atoms with Gasteiger partial charge >= 0.3 is 6.09 Å². The number of furan rings is 1. The number of hydrogen-bond acceptors (Lipinski definition) is 4. The van der Waals surface area contributed by atoms with Gasteiger partial charge in [0, 0.05) is 31.7 Å². The monoisotopic (exact) mass is 322 g/mol. The molecular weight excluding hydrogens is 296 g/mol. The van der Waals surface area contributed by atoms with E-state index >= 15 is 0 Å². The third kappa shape index (κ3) is 4.74. The molecule has 1 saturated heterocycles. The Bertz CT molecular complexity index is 533. The van der Waals surface area contributed by atoms with Gasteiger partial charge in [0.1, 0.15) is 5.60 Å². The normalized spacial score (nSPS) is 18.1. The molecule has 0 aromatic carbocycles. The van der Waals surface area contributed by atoms with Crippen LogP contribution in [0.5, 0.6) is 0 Å². The van der Waals surface area contributed by atoms with E-state index in [-0.39, 0.29) is 17.9 Å². The molecule has 0 radical (unpaired) electrons. The molecule has 1 aromatic rings. The van der Waals surface area contributed by atoms with Gasteiger partial charge in [-0.05, 0) is 40.2 Å². The second-order valence-corrected chi connectivity index (χ2v) is 6.90. The molecule has 0 unspecified atom stereocenters. The molecular formula is C17H26N2O4. The summed E-state index contributed by atoms with van der Waals surface area (Å²) in [5, 5.41) is 0. The summed E-state index contributed by atoms with van der Waals surface area (Å²) >= 11 is 0. The van der Waals surface area contributed by atoms with Crippen molar-refractivity contribution in [2.75, 3.05) is 19.6 Å². The van der Waals surface area contributed by atoms with Crippen molar-refractivity contribution in [3.05, 3.63) is 24.2 Å². The average molecular weight is 322 g/mol. The van der Waals surface area contributed by atoms with Crippen LogP contribution in [0.2, 0.25) is 0 Å². The number of nitrogens with zero attached hydrogens (tertiary/aromatic N) is 2. The molecule has 0 saturated carbocycles. The maximum atomic E-state index is 12.7. The van der Waals surface area contributed by atoms with Crippen LogP contribution in [-0.4, -0.2) is 47.0 Å². The summed E-state index contributed by atoms with van der Waals surface area (Å²) in [6, 6.07) is 1.86. The zero-order valence-corrected chi connectivity index (χ0v) is 14.4. The van der Waals surface area contributed by atoms with Crippen LogP contribution < -0.4 is 0 Å². The van der Waals surface area contributed by atoms with Gasteiger partial charge in [-0.2, -0.15) is 0 Å². The number of amides is 2. The van der Waals surface area contributed by atoms with Gasteiger partial charge in [-0.15, -0.1) is 0 Å². The zero-order valence-electron chi connectivity index (χ0n) is 14.4. The second kappa shape index (κ2) is 7.06. The van der Waals surface area contributed by atoms with Crippen molar-refractivity contribution >= 4 is 12.0 Å². The fourth-order valence-corrected chi connectivity index (χ4v) is 2.66. The van der Waals surface area contributed by atoms with E-state index in [1.54, 1.807) is 22.3 Å². The lowest BCUT2D eigenvalue weighted by atomic mass is 10.1. The van der Waals surface area contributed by atoms with Gasteiger partial charge in [-0.1, -0.05) is 0 Å². The minimum absolute atomic E-state index is 0.0831. The fraction of sp³-hybridized carbons (Fsp3) is 0.647. The van der Waals surface area contributed by atoms with Crippen LogP contribution >= 0.6 is 0 Å². The van der Waals surface area contributed by atoms with Gasteiger partial charge in [0.25, 0.3) is 0 Å². The molecule has 2 heterocycles. The quantitative estimate of drug-likeness (QED) is 0.855. The van der Waals surface area contributed by atoms with Crippen LogP contribution in [0.4, 0.5) is 4.79 Å². The highest BCUT2D eigenvalue weighted by Gasteiger charge is 2.35. The van der Waals surface area contributed by atoms with Crippen molar-refractivity contribution in [3.8, 4) is 0 Å². The standard InChI is InChI=1S/C17H26N2O4/c1-5-18(10-13-7-9-22-12-13)15(20)14-6-8-19(11-14)16(21)23-17(2,3)4/h7,9,12,14H,5-6,8,10-11H2,1-4H3/t14-/m1/s1. The van der Waals surface area contributed by atoms with E-state index in [1.807, 2.05) is 33.8 Å². The van der Waals surface area contributed by atoms with Gasteiger partial charge in [-0.25, -0.2) is 4.79 Å². The van der Waals surface area contributed by atoms with Crippen LogP contribution in [0.25, 0.3) is 0 Å². The summed E-state index contributed by atoms with van der Waals surface area (Å²) in [7, 11) is 0. The van der Waals surface area contributed by atoms with Gasteiger partial charge < -0.3 is 19.0 Å². The second-order valence-electron chi connectivity index (χ2n) is 6.90. The Labute approximate surface area is 137 Å². The maximum Gasteiger partial charge on any atom is 0.410 e. The molecule has 0 aliphatic carbocycles. The largest absolute Gasteiger partial charge is 0.472 e. The minimum Gasteiger partial charge on any atom is -0.472 e. The number of ether oxygens (including phenoxy) is 1. The van der Waals surface area contributed by atoms with Gasteiger partial charge in [0.05, 0.1) is 18.4 Å². The Morgan fingerprint density at radius 3 is 2.74 bits per heavy atom. The topological polar surface area (TPSA) is 63.0 Å². The van der Waals surface area contributed by atoms with Crippen LogP contribution in [0.3, 0.4) is 0 Å². The lowest BCUT2D eigenvalue weighted by Crippen LogP contribution is -2.39. The van der Waals surface area contributed by atoms with Crippen molar-refractivity contribution in [3.63, 3.8) is 0 Å². The number of carbonyl (C=O) groups is 2. The van der Waals surface area contributed by atoms with E-state index in [1.165, 1.54) is 0 Å². The van der Waals surface area contributed by atoms with Crippen LogP contribution in [0, 0.1) is 5.92 Å². The molecule has 128 valence electrons. The smallest absolute Gasteiger partial charge is 0.410 e. The summed E-state index contributed by atoms with van der Waals surface area (Å²) in [6.07, 6.45) is 3.59. The Morgan fingerprint density at radius 2 is 2.17 bits per heavy atom. The van der Waals surface area contributed by atoms with Crippen molar-refractivity contribution in [2.24, 2.45) is 5.92 Å². The maximum absolute atomic E-state index is 12.7. The van der Waals surface area contributed by atoms with Crippen LogP contribution in [-0.2, 0) is 16.1 Å². The van der Waals surface area contributed by atoms with E-state index in [0.717, 1.165) is 5.56 Å². The third-order valence-electron chi connectivity index (χ3n) is 3.84. The molecule has 1 aliphatic heterocycles. The predicted octanol–water partition coefficient (Wildman–Crippen LogP) is 2.89. The van der Waals surface area contributed by atoms with E-state index in [4.69, 9.17) is 9.15 Å². The lowest BCUT2D eigenvalue weighted by Gasteiger charge is -2.25. The van der Waals surface area contributed by atoms with E-state index in [0.29, 0.717) is 32.6 Å². The molecule has 1 aromatic heterocycles. The molecule has 2 rings (SSSR count). The summed E-state index contributed by atoms with van der Waals surface area (Å²) < 4.78 is 10.4. The summed E-state index contributed by atoms with van der Waals surface area (Å²) in [5.74, 6) is -0.0749. The molecule has 0 bridgehead atoms. The van der Waals surface area contributed by atoms with Gasteiger partial charge in [-0.3, -0.25) is 4.79 Å². The Balaban J connectivity index is 1.91. The summed E-state index contributed by atoms with van der Waals surface area (Å²) in [6.45, 7) is 9.64. The highest BCUT2D eigenvalue weighted by molar-refractivity contribution is 5.80. The molecule has 2 amide bonds. The number of rotatable bonds is 4. The van der Waals surface area contributed by atoms with Crippen molar-refractivity contribution in [1.29, 1.82) is 0 Å². The zero-order chi connectivity index (χ0) is 17.0. The molecule has 23 heavy (non-hydrogen) atoms. The Morgan fingerprint density at radius 1 is 1.43 bits per heavy atom. The van der Waals surface area contributed by atoms with Crippen molar-refractivity contribution in [1.82, 2.24) is 9.80 Å². The highest BCUT2D eigenvalue weighted by atomic mass is 16.6. The lowest BCUT2D eigenvalue weighted by molar-refractivity contribution is -0.135. The molecule has 1 fully saturated rings. The molecule has 0 spiro atoms. The van der Waals surface area contributed by atoms with Gasteiger partial charge in [0.2, 0.25) is 5.91 Å². The van der Waals surface area contributed by atoms with Crippen LogP contribution in [0.15, 0.2) is 23.0 Å². The van der Waals surface area contributed by atoms with Crippen molar-refractivity contribution in [2.45, 2.75) is 46.3 Å². The van der Waals surface area contributed by atoms with Crippen LogP contribution in [0.1, 0.15) is 39.7 Å². The van der Waals surface area contributed by atoms with Gasteiger partial charge in [0.15, 0.2) is 0 Å². The summed E-state index contributed by atoms with van der Waals surface area (Å²) in [5.41, 5.74) is 0.456. The number of hydrogen-bond donors (Lipinski definition) is 0. The first kappa shape index (κ1) is 17.4. The number of carbonyl (C=O) groups excluding carboxylic acids is 2. The number of likely N-dealkylation sites (tertiary alicyclic amines) is 1. The van der Waals surface area contributed by atoms with E-state index < -0.39 is 5.60 Å². The molecule has 6 heteroatoms. The minimum atomic E-state index is -0.518. The first-order valence-corrected chi connectivity index (χ1v) is 8.08.